The molecule has 1 fully saturated rings. The summed E-state index contributed by atoms with van der Waals surface area (Å²) >= 11 is 0. The number of anilines is 2. The number of nitrogens with one attached hydrogen (secondary N) is 1. The van der Waals surface area contributed by atoms with E-state index in [9.17, 15) is 23.3 Å². The molecule has 1 heterocycles. The zero-order valence-electron chi connectivity index (χ0n) is 18.7. The highest BCUT2D eigenvalue weighted by Gasteiger charge is 2.26. The number of nitro groups is 1. The lowest BCUT2D eigenvalue weighted by Gasteiger charge is -2.28. The van der Waals surface area contributed by atoms with Gasteiger partial charge < -0.3 is 15.0 Å². The number of hydrogen-bond donors (Lipinski definition) is 1. The topological polar surface area (TPSA) is 122 Å². The van der Waals surface area contributed by atoms with E-state index in [1.165, 1.54) is 38.5 Å². The molecule has 0 aliphatic carbocycles. The van der Waals surface area contributed by atoms with Crippen LogP contribution in [0, 0.1) is 10.1 Å². The van der Waals surface area contributed by atoms with Crippen LogP contribution in [0.4, 0.5) is 17.1 Å². The van der Waals surface area contributed by atoms with E-state index in [4.69, 9.17) is 4.74 Å². The maximum Gasteiger partial charge on any atom is 0.271 e. The van der Waals surface area contributed by atoms with Crippen LogP contribution >= 0.6 is 0 Å². The van der Waals surface area contributed by atoms with E-state index in [2.05, 4.69) is 10.2 Å². The number of carbonyl (C=O) groups is 1. The van der Waals surface area contributed by atoms with Crippen molar-refractivity contribution in [3.05, 3.63) is 58.1 Å². The summed E-state index contributed by atoms with van der Waals surface area (Å²) in [6, 6.07) is 11.5. The average Bonchev–Trinajstić information content (AvgIpc) is 2.81. The molecule has 0 aromatic heterocycles. The Bertz CT molecular complexity index is 1100. The second kappa shape index (κ2) is 10.5. The molecule has 11 heteroatoms. The summed E-state index contributed by atoms with van der Waals surface area (Å²) in [5.74, 6) is -0.443. The number of rotatable bonds is 9. The van der Waals surface area contributed by atoms with Gasteiger partial charge in [-0.3, -0.25) is 19.2 Å². The van der Waals surface area contributed by atoms with Crippen LogP contribution in [0.3, 0.4) is 0 Å². The van der Waals surface area contributed by atoms with Gasteiger partial charge in [-0.25, -0.2) is 8.42 Å². The fourth-order valence-corrected chi connectivity index (χ4v) is 4.58. The Morgan fingerprint density at radius 2 is 1.82 bits per heavy atom. The highest BCUT2D eigenvalue weighted by atomic mass is 32.2. The number of amides is 1. The van der Waals surface area contributed by atoms with Crippen LogP contribution in [-0.2, 0) is 21.4 Å². The predicted octanol–water partition coefficient (Wildman–Crippen LogP) is 2.68. The minimum Gasteiger partial charge on any atom is -0.495 e. The number of sulfonamides is 1. The Kier molecular flexibility index (Phi) is 7.75. The van der Waals surface area contributed by atoms with Gasteiger partial charge in [0.2, 0.25) is 15.9 Å². The number of nitrogens with zero attached hydrogens (tertiary/aromatic N) is 3. The molecule has 33 heavy (non-hydrogen) atoms. The van der Waals surface area contributed by atoms with Crippen LogP contribution < -0.4 is 19.3 Å². The molecule has 1 saturated heterocycles. The Morgan fingerprint density at radius 3 is 2.39 bits per heavy atom. The molecule has 10 nitrogen and oxygen atoms in total. The van der Waals surface area contributed by atoms with Crippen molar-refractivity contribution in [3.8, 4) is 5.75 Å². The molecular weight excluding hydrogens is 448 g/mol. The number of carbonyl (C=O) groups excluding carboxylic acids is 1. The van der Waals surface area contributed by atoms with Gasteiger partial charge in [-0.05, 0) is 43.0 Å². The molecule has 0 radical (unpaired) electrons. The first-order chi connectivity index (χ1) is 15.7. The summed E-state index contributed by atoms with van der Waals surface area (Å²) < 4.78 is 30.8. The number of methoxy groups -OCH3 is 1. The van der Waals surface area contributed by atoms with Crippen molar-refractivity contribution < 1.29 is 22.9 Å². The summed E-state index contributed by atoms with van der Waals surface area (Å²) in [5, 5.41) is 13.9. The third kappa shape index (κ3) is 6.35. The molecule has 3 rings (SSSR count). The van der Waals surface area contributed by atoms with Crippen molar-refractivity contribution in [2.75, 3.05) is 42.2 Å². The van der Waals surface area contributed by atoms with E-state index < -0.39 is 27.4 Å². The van der Waals surface area contributed by atoms with E-state index in [-0.39, 0.29) is 23.7 Å². The zero-order chi connectivity index (χ0) is 24.0. The molecule has 0 atom stereocenters. The Labute approximate surface area is 193 Å². The van der Waals surface area contributed by atoms with Crippen LogP contribution in [0.5, 0.6) is 5.75 Å². The maximum absolute atomic E-state index is 12.6. The highest BCUT2D eigenvalue weighted by Crippen LogP contribution is 2.33. The molecule has 2 aromatic carbocycles. The minimum atomic E-state index is -3.92. The summed E-state index contributed by atoms with van der Waals surface area (Å²) in [4.78, 5) is 25.4. The van der Waals surface area contributed by atoms with Gasteiger partial charge >= 0.3 is 0 Å². The number of nitro benzene ring substituents is 1. The smallest absolute Gasteiger partial charge is 0.271 e. The zero-order valence-corrected chi connectivity index (χ0v) is 19.5. The number of hydrogen-bond acceptors (Lipinski definition) is 7. The van der Waals surface area contributed by atoms with Crippen LogP contribution in [0.15, 0.2) is 42.5 Å². The fraction of sp³-hybridized carbons (Fsp3) is 0.409. The van der Waals surface area contributed by atoms with Gasteiger partial charge in [0.15, 0.2) is 0 Å². The van der Waals surface area contributed by atoms with Crippen molar-refractivity contribution in [1.82, 2.24) is 5.32 Å². The minimum absolute atomic E-state index is 0.0739. The Hall–Kier alpha value is -3.34. The lowest BCUT2D eigenvalue weighted by atomic mass is 10.1. The molecule has 0 bridgehead atoms. The lowest BCUT2D eigenvalue weighted by molar-refractivity contribution is -0.384. The van der Waals surface area contributed by atoms with E-state index in [1.54, 1.807) is 0 Å². The van der Waals surface area contributed by atoms with Crippen LogP contribution in [0.1, 0.15) is 24.8 Å². The van der Waals surface area contributed by atoms with Crippen LogP contribution in [-0.4, -0.2) is 52.2 Å². The molecule has 1 aliphatic rings. The summed E-state index contributed by atoms with van der Waals surface area (Å²) in [6.07, 6.45) is 4.55. The van der Waals surface area contributed by atoms with Gasteiger partial charge in [-0.15, -0.1) is 0 Å². The largest absolute Gasteiger partial charge is 0.495 e. The lowest BCUT2D eigenvalue weighted by Crippen LogP contribution is -2.40. The first-order valence-corrected chi connectivity index (χ1v) is 12.4. The monoisotopic (exact) mass is 476 g/mol. The van der Waals surface area contributed by atoms with Crippen molar-refractivity contribution >= 4 is 33.0 Å². The van der Waals surface area contributed by atoms with Gasteiger partial charge in [0.05, 0.1) is 18.3 Å². The number of non-ortho nitro benzene ring substituents is 1. The standard InChI is InChI=1S/C22H28N4O6S/c1-32-21-11-10-19(26(28)29)14-20(21)25(33(2,30)31)16-22(27)23-15-17-6-8-18(9-7-17)24-12-4-3-5-13-24/h6-11,14H,3-5,12-13,15-16H2,1-2H3,(H,23,27). The van der Waals surface area contributed by atoms with Gasteiger partial charge in [0.1, 0.15) is 18.0 Å². The summed E-state index contributed by atoms with van der Waals surface area (Å²) in [5.41, 5.74) is 1.64. The first-order valence-electron chi connectivity index (χ1n) is 10.6. The second-order valence-corrected chi connectivity index (χ2v) is 9.78. The molecule has 0 saturated carbocycles. The highest BCUT2D eigenvalue weighted by molar-refractivity contribution is 7.92. The third-order valence-corrected chi connectivity index (χ3v) is 6.60. The predicted molar refractivity (Wildman–Crippen MR) is 126 cm³/mol. The molecular formula is C22H28N4O6S. The molecule has 1 aliphatic heterocycles. The van der Waals surface area contributed by atoms with Gasteiger partial charge in [-0.1, -0.05) is 12.1 Å². The number of ether oxygens (including phenoxy) is 1. The van der Waals surface area contributed by atoms with Crippen molar-refractivity contribution in [2.45, 2.75) is 25.8 Å². The van der Waals surface area contributed by atoms with Crippen molar-refractivity contribution in [1.29, 1.82) is 0 Å². The summed E-state index contributed by atoms with van der Waals surface area (Å²) in [7, 11) is -2.61. The molecule has 0 unspecified atom stereocenters. The van der Waals surface area contributed by atoms with E-state index >= 15 is 0 Å². The van der Waals surface area contributed by atoms with Crippen molar-refractivity contribution in [3.63, 3.8) is 0 Å². The fourth-order valence-electron chi connectivity index (χ4n) is 3.73. The average molecular weight is 477 g/mol. The molecule has 1 amide bonds. The van der Waals surface area contributed by atoms with E-state index in [0.717, 1.165) is 41.0 Å². The molecule has 2 aromatic rings. The van der Waals surface area contributed by atoms with Gasteiger partial charge in [0.25, 0.3) is 5.69 Å². The molecule has 178 valence electrons. The number of piperidine rings is 1. The second-order valence-electron chi connectivity index (χ2n) is 7.87. The van der Waals surface area contributed by atoms with E-state index in [1.807, 2.05) is 24.3 Å². The Balaban J connectivity index is 1.69. The SMILES string of the molecule is COc1ccc([N+](=O)[O-])cc1N(CC(=O)NCc1ccc(N2CCCCC2)cc1)S(C)(=O)=O. The normalized spacial score (nSPS) is 13.9. The van der Waals surface area contributed by atoms with Gasteiger partial charge in [0, 0.05) is 37.5 Å². The van der Waals surface area contributed by atoms with Crippen LogP contribution in [0.25, 0.3) is 0 Å². The maximum atomic E-state index is 12.6. The molecule has 1 N–H and O–H groups in total. The third-order valence-electron chi connectivity index (χ3n) is 5.48. The molecule has 0 spiro atoms. The van der Waals surface area contributed by atoms with Crippen molar-refractivity contribution in [2.24, 2.45) is 0 Å². The Morgan fingerprint density at radius 1 is 1.15 bits per heavy atom. The summed E-state index contributed by atoms with van der Waals surface area (Å²) in [6.45, 7) is 1.77. The quantitative estimate of drug-likeness (QED) is 0.436. The first kappa shape index (κ1) is 24.3. The van der Waals surface area contributed by atoms with Crippen LogP contribution in [0.2, 0.25) is 0 Å². The van der Waals surface area contributed by atoms with E-state index in [0.29, 0.717) is 0 Å². The van der Waals surface area contributed by atoms with Gasteiger partial charge in [-0.2, -0.15) is 0 Å². The number of benzene rings is 2.